The summed E-state index contributed by atoms with van der Waals surface area (Å²) in [6.07, 6.45) is 6.80. The van der Waals surface area contributed by atoms with Gasteiger partial charge in [0.2, 0.25) is 0 Å². The first-order chi connectivity index (χ1) is 6.31. The van der Waals surface area contributed by atoms with Gasteiger partial charge in [0.1, 0.15) is 0 Å². The van der Waals surface area contributed by atoms with Crippen LogP contribution in [-0.4, -0.2) is 17.4 Å². The predicted octanol–water partition coefficient (Wildman–Crippen LogP) is 2.99. The predicted molar refractivity (Wildman–Crippen MR) is 67.1 cm³/mol. The topological polar surface area (TPSA) is 43.1 Å². The smallest absolute Gasteiger partial charge is 0.188 e. The highest BCUT2D eigenvalue weighted by Gasteiger charge is 2.00. The number of rotatable bonds is 8. The van der Waals surface area contributed by atoms with Gasteiger partial charge in [-0.25, -0.2) is 0 Å². The van der Waals surface area contributed by atoms with Gasteiger partial charge in [0.25, 0.3) is 0 Å². The minimum atomic E-state index is 0. The first-order valence-electron chi connectivity index (χ1n) is 5.17. The first kappa shape index (κ1) is 16.7. The lowest BCUT2D eigenvalue weighted by molar-refractivity contribution is -0.111. The molecule has 0 saturated carbocycles. The molecule has 0 unspecified atom stereocenters. The Labute approximate surface area is 97.8 Å². The van der Waals surface area contributed by atoms with E-state index in [2.05, 4.69) is 6.92 Å². The molecule has 0 rings (SSSR count). The van der Waals surface area contributed by atoms with Crippen molar-refractivity contribution in [1.82, 2.24) is 0 Å². The van der Waals surface area contributed by atoms with Crippen LogP contribution in [0.4, 0.5) is 0 Å². The highest BCUT2D eigenvalue weighted by Crippen LogP contribution is 2.10. The molecule has 14 heavy (non-hydrogen) atoms. The van der Waals surface area contributed by atoms with E-state index < -0.39 is 0 Å². The minimum absolute atomic E-state index is 0. The molecule has 0 fully saturated rings. The van der Waals surface area contributed by atoms with Gasteiger partial charge < -0.3 is 5.73 Å². The van der Waals surface area contributed by atoms with Crippen LogP contribution in [-0.2, 0) is 4.79 Å². The van der Waals surface area contributed by atoms with Crippen molar-refractivity contribution in [1.29, 1.82) is 0 Å². The molecule has 0 aromatic rings. The molecular weight excluding hydrogens is 218 g/mol. The molecule has 0 atom stereocenters. The highest BCUT2D eigenvalue weighted by atomic mass is 35.5. The van der Waals surface area contributed by atoms with Crippen LogP contribution in [0, 0.1) is 0 Å². The molecule has 0 aliphatic heterocycles. The van der Waals surface area contributed by atoms with E-state index in [4.69, 9.17) is 5.73 Å². The molecule has 0 spiro atoms. The Morgan fingerprint density at radius 1 is 1.21 bits per heavy atom. The van der Waals surface area contributed by atoms with Gasteiger partial charge in [-0.15, -0.1) is 12.4 Å². The van der Waals surface area contributed by atoms with Crippen molar-refractivity contribution < 1.29 is 4.79 Å². The Morgan fingerprint density at radius 3 is 2.43 bits per heavy atom. The largest absolute Gasteiger partial charge is 0.330 e. The zero-order chi connectivity index (χ0) is 9.94. The second-order valence-electron chi connectivity index (χ2n) is 3.17. The number of halogens is 1. The maximum atomic E-state index is 11.1. The van der Waals surface area contributed by atoms with Gasteiger partial charge in [0.05, 0.1) is 0 Å². The normalized spacial score (nSPS) is 9.57. The summed E-state index contributed by atoms with van der Waals surface area (Å²) in [7, 11) is 0. The Balaban J connectivity index is 0. The summed E-state index contributed by atoms with van der Waals surface area (Å²) in [5.41, 5.74) is 5.30. The average molecular weight is 240 g/mol. The Kier molecular flexibility index (Phi) is 15.8. The molecule has 86 valence electrons. The van der Waals surface area contributed by atoms with Crippen molar-refractivity contribution in [3.05, 3.63) is 0 Å². The molecule has 0 amide bonds. The number of hydrogen-bond acceptors (Lipinski definition) is 3. The third kappa shape index (κ3) is 12.3. The maximum absolute atomic E-state index is 11.1. The van der Waals surface area contributed by atoms with Gasteiger partial charge >= 0.3 is 0 Å². The molecule has 2 N–H and O–H groups in total. The Hall–Kier alpha value is 0.270. The highest BCUT2D eigenvalue weighted by molar-refractivity contribution is 8.13. The van der Waals surface area contributed by atoms with Gasteiger partial charge in [-0.05, 0) is 6.42 Å². The fourth-order valence-corrected chi connectivity index (χ4v) is 1.75. The van der Waals surface area contributed by atoms with Gasteiger partial charge in [0, 0.05) is 18.7 Å². The third-order valence-electron chi connectivity index (χ3n) is 1.87. The molecule has 0 radical (unpaired) electrons. The van der Waals surface area contributed by atoms with Crippen molar-refractivity contribution >= 4 is 29.3 Å². The summed E-state index contributed by atoms with van der Waals surface area (Å²) >= 11 is 1.38. The number of thioether (sulfide) groups is 1. The summed E-state index contributed by atoms with van der Waals surface area (Å²) in [4.78, 5) is 11.1. The zero-order valence-electron chi connectivity index (χ0n) is 8.96. The molecule has 0 aliphatic rings. The van der Waals surface area contributed by atoms with Crippen LogP contribution in [0.3, 0.4) is 0 Å². The molecule has 0 heterocycles. The summed E-state index contributed by atoms with van der Waals surface area (Å²) in [6.45, 7) is 2.80. The van der Waals surface area contributed by atoms with Gasteiger partial charge in [-0.2, -0.15) is 0 Å². The fraction of sp³-hybridized carbons (Fsp3) is 0.900. The molecule has 0 aromatic heterocycles. The Morgan fingerprint density at radius 2 is 1.86 bits per heavy atom. The number of carbonyl (C=O) groups is 1. The first-order valence-corrected chi connectivity index (χ1v) is 6.15. The average Bonchev–Trinajstić information content (AvgIpc) is 2.14. The van der Waals surface area contributed by atoms with Crippen molar-refractivity contribution in [2.24, 2.45) is 5.73 Å². The van der Waals surface area contributed by atoms with Crippen LogP contribution in [0.5, 0.6) is 0 Å². The number of carbonyl (C=O) groups excluding carboxylic acids is 1. The number of unbranched alkanes of at least 4 members (excludes halogenated alkanes) is 4. The van der Waals surface area contributed by atoms with E-state index in [-0.39, 0.29) is 12.4 Å². The van der Waals surface area contributed by atoms with Crippen molar-refractivity contribution in [3.8, 4) is 0 Å². The van der Waals surface area contributed by atoms with E-state index in [0.717, 1.165) is 18.6 Å². The Bertz CT molecular complexity index is 133. The lowest BCUT2D eigenvalue weighted by atomic mass is 10.1. The second kappa shape index (κ2) is 13.3. The third-order valence-corrected chi connectivity index (χ3v) is 2.83. The zero-order valence-corrected chi connectivity index (χ0v) is 10.6. The molecule has 0 saturated heterocycles. The second-order valence-corrected chi connectivity index (χ2v) is 4.33. The lowest BCUT2D eigenvalue weighted by Gasteiger charge is -1.99. The van der Waals surface area contributed by atoms with Crippen LogP contribution >= 0.6 is 24.2 Å². The molecule has 0 bridgehead atoms. The fourth-order valence-electron chi connectivity index (χ4n) is 1.12. The molecule has 0 aromatic carbocycles. The van der Waals surface area contributed by atoms with Crippen LogP contribution in [0.15, 0.2) is 0 Å². The van der Waals surface area contributed by atoms with E-state index in [0.29, 0.717) is 11.7 Å². The molecular formula is C10H22ClNOS. The van der Waals surface area contributed by atoms with Gasteiger partial charge in [0.15, 0.2) is 5.12 Å². The van der Waals surface area contributed by atoms with E-state index in [9.17, 15) is 4.79 Å². The van der Waals surface area contributed by atoms with Crippen molar-refractivity contribution in [2.45, 2.75) is 45.4 Å². The van der Waals surface area contributed by atoms with Crippen LogP contribution in [0.2, 0.25) is 0 Å². The van der Waals surface area contributed by atoms with Crippen molar-refractivity contribution in [2.75, 3.05) is 12.3 Å². The maximum Gasteiger partial charge on any atom is 0.188 e. The SMILES string of the molecule is CCCCCCCC(=O)SCCN.Cl. The summed E-state index contributed by atoms with van der Waals surface area (Å²) in [5, 5.41) is 0.307. The minimum Gasteiger partial charge on any atom is -0.330 e. The molecule has 4 heteroatoms. The summed E-state index contributed by atoms with van der Waals surface area (Å²) in [5.74, 6) is 0.772. The monoisotopic (exact) mass is 239 g/mol. The van der Waals surface area contributed by atoms with Crippen molar-refractivity contribution in [3.63, 3.8) is 0 Å². The molecule has 2 nitrogen and oxygen atoms in total. The molecule has 0 aliphatic carbocycles. The van der Waals surface area contributed by atoms with E-state index in [1.54, 1.807) is 0 Å². The standard InChI is InChI=1S/C10H21NOS.ClH/c1-2-3-4-5-6-7-10(12)13-9-8-11;/h2-9,11H2,1H3;1H. The van der Waals surface area contributed by atoms with Gasteiger partial charge in [-0.1, -0.05) is 44.4 Å². The summed E-state index contributed by atoms with van der Waals surface area (Å²) < 4.78 is 0. The van der Waals surface area contributed by atoms with Crippen LogP contribution in [0.1, 0.15) is 45.4 Å². The van der Waals surface area contributed by atoms with Crippen LogP contribution in [0.25, 0.3) is 0 Å². The van der Waals surface area contributed by atoms with E-state index in [1.807, 2.05) is 0 Å². The number of nitrogens with two attached hydrogens (primary N) is 1. The van der Waals surface area contributed by atoms with Gasteiger partial charge in [-0.3, -0.25) is 4.79 Å². The lowest BCUT2D eigenvalue weighted by Crippen LogP contribution is -2.04. The quantitative estimate of drug-likeness (QED) is 0.663. The van der Waals surface area contributed by atoms with E-state index in [1.165, 1.54) is 37.4 Å². The number of hydrogen-bond donors (Lipinski definition) is 1. The van der Waals surface area contributed by atoms with E-state index >= 15 is 0 Å². The summed E-state index contributed by atoms with van der Waals surface area (Å²) in [6, 6.07) is 0. The van der Waals surface area contributed by atoms with Crippen LogP contribution < -0.4 is 5.73 Å².